The van der Waals surface area contributed by atoms with Gasteiger partial charge >= 0.3 is 0 Å². The summed E-state index contributed by atoms with van der Waals surface area (Å²) in [7, 11) is 0. The zero-order chi connectivity index (χ0) is 14.8. The van der Waals surface area contributed by atoms with Crippen molar-refractivity contribution >= 4 is 0 Å². The van der Waals surface area contributed by atoms with E-state index in [0.717, 1.165) is 36.3 Å². The Bertz CT molecular complexity index is 614. The van der Waals surface area contributed by atoms with Gasteiger partial charge in [0.2, 0.25) is 0 Å². The first-order valence-corrected chi connectivity index (χ1v) is 7.66. The summed E-state index contributed by atoms with van der Waals surface area (Å²) in [5.74, 6) is 1.61. The van der Waals surface area contributed by atoms with E-state index in [1.54, 1.807) is 0 Å². The van der Waals surface area contributed by atoms with Crippen LogP contribution in [0.5, 0.6) is 5.75 Å². The molecule has 2 nitrogen and oxygen atoms in total. The number of rotatable bonds is 4. The average molecular weight is 282 g/mol. The van der Waals surface area contributed by atoms with Crippen molar-refractivity contribution in [2.75, 3.05) is 6.61 Å². The Morgan fingerprint density at radius 3 is 2.48 bits per heavy atom. The highest BCUT2D eigenvalue weighted by atomic mass is 16.5. The molecule has 0 radical (unpaired) electrons. The van der Waals surface area contributed by atoms with Crippen LogP contribution in [0.25, 0.3) is 0 Å². The van der Waals surface area contributed by atoms with Crippen molar-refractivity contribution in [3.05, 3.63) is 64.7 Å². The predicted molar refractivity (Wildman–Crippen MR) is 84.7 cm³/mol. The molecule has 2 heteroatoms. The molecule has 0 saturated carbocycles. The zero-order valence-electron chi connectivity index (χ0n) is 12.7. The molecule has 1 unspecified atom stereocenters. The van der Waals surface area contributed by atoms with Crippen LogP contribution in [0.15, 0.2) is 42.5 Å². The van der Waals surface area contributed by atoms with Crippen molar-refractivity contribution in [2.45, 2.75) is 32.8 Å². The molecular formula is C19H22O2. The Kier molecular flexibility index (Phi) is 3.98. The van der Waals surface area contributed by atoms with Gasteiger partial charge in [-0.05, 0) is 46.7 Å². The first-order chi connectivity index (χ1) is 10.1. The Hall–Kier alpha value is -1.80. The van der Waals surface area contributed by atoms with E-state index in [9.17, 15) is 5.11 Å². The van der Waals surface area contributed by atoms with Crippen molar-refractivity contribution in [3.63, 3.8) is 0 Å². The smallest absolute Gasteiger partial charge is 0.122 e. The molecule has 1 atom stereocenters. The lowest BCUT2D eigenvalue weighted by Crippen LogP contribution is -2.01. The molecule has 1 aliphatic heterocycles. The second-order valence-electron chi connectivity index (χ2n) is 6.21. The molecule has 110 valence electrons. The van der Waals surface area contributed by atoms with Crippen molar-refractivity contribution in [3.8, 4) is 5.75 Å². The standard InChI is InChI=1S/C19H22O2/c1-13(2)11-14-3-5-15(6-4-14)19(20)17-7-8-18-16(12-17)9-10-21-18/h3-8,12-13,19-20H,9-11H2,1-2H3. The molecule has 2 aromatic rings. The van der Waals surface area contributed by atoms with Gasteiger partial charge in [-0.15, -0.1) is 0 Å². The fourth-order valence-electron chi connectivity index (χ4n) is 2.88. The van der Waals surface area contributed by atoms with Gasteiger partial charge in [0.05, 0.1) is 6.61 Å². The first-order valence-electron chi connectivity index (χ1n) is 7.66. The van der Waals surface area contributed by atoms with E-state index in [-0.39, 0.29) is 0 Å². The minimum atomic E-state index is -0.566. The fourth-order valence-corrected chi connectivity index (χ4v) is 2.88. The van der Waals surface area contributed by atoms with Gasteiger partial charge in [-0.3, -0.25) is 0 Å². The summed E-state index contributed by atoms with van der Waals surface area (Å²) >= 11 is 0. The van der Waals surface area contributed by atoms with Crippen molar-refractivity contribution in [1.29, 1.82) is 0 Å². The number of hydrogen-bond acceptors (Lipinski definition) is 2. The van der Waals surface area contributed by atoms with E-state index in [4.69, 9.17) is 4.74 Å². The molecule has 0 aliphatic carbocycles. The maximum Gasteiger partial charge on any atom is 0.122 e. The number of hydrogen-bond donors (Lipinski definition) is 1. The number of ether oxygens (including phenoxy) is 1. The summed E-state index contributed by atoms with van der Waals surface area (Å²) in [5.41, 5.74) is 4.41. The number of fused-ring (bicyclic) bond motifs is 1. The minimum Gasteiger partial charge on any atom is -0.493 e. The van der Waals surface area contributed by atoms with Crippen LogP contribution in [-0.4, -0.2) is 11.7 Å². The maximum absolute atomic E-state index is 10.6. The summed E-state index contributed by atoms with van der Waals surface area (Å²) in [6.45, 7) is 5.18. The lowest BCUT2D eigenvalue weighted by molar-refractivity contribution is 0.220. The third kappa shape index (κ3) is 3.11. The quantitative estimate of drug-likeness (QED) is 0.921. The van der Waals surface area contributed by atoms with Crippen LogP contribution in [0.3, 0.4) is 0 Å². The summed E-state index contributed by atoms with van der Waals surface area (Å²) in [5, 5.41) is 10.6. The molecule has 3 rings (SSSR count). The van der Waals surface area contributed by atoms with E-state index in [1.807, 2.05) is 24.3 Å². The molecule has 0 fully saturated rings. The van der Waals surface area contributed by atoms with Crippen LogP contribution in [0.1, 0.15) is 42.2 Å². The second-order valence-corrected chi connectivity index (χ2v) is 6.21. The van der Waals surface area contributed by atoms with E-state index in [0.29, 0.717) is 5.92 Å². The van der Waals surface area contributed by atoms with Gasteiger partial charge in [-0.25, -0.2) is 0 Å². The molecule has 2 aromatic carbocycles. The van der Waals surface area contributed by atoms with Crippen LogP contribution in [0, 0.1) is 5.92 Å². The minimum absolute atomic E-state index is 0.566. The van der Waals surface area contributed by atoms with E-state index < -0.39 is 6.10 Å². The molecule has 0 bridgehead atoms. The van der Waals surface area contributed by atoms with Crippen molar-refractivity contribution < 1.29 is 9.84 Å². The summed E-state index contributed by atoms with van der Waals surface area (Å²) in [6, 6.07) is 14.3. The molecule has 0 spiro atoms. The molecular weight excluding hydrogens is 260 g/mol. The van der Waals surface area contributed by atoms with Gasteiger partial charge in [-0.1, -0.05) is 44.2 Å². The molecule has 21 heavy (non-hydrogen) atoms. The average Bonchev–Trinajstić information content (AvgIpc) is 2.94. The fraction of sp³-hybridized carbons (Fsp3) is 0.368. The highest BCUT2D eigenvalue weighted by molar-refractivity contribution is 5.42. The summed E-state index contributed by atoms with van der Waals surface area (Å²) in [6.07, 6.45) is 1.44. The second kappa shape index (κ2) is 5.90. The van der Waals surface area contributed by atoms with Gasteiger partial charge in [0, 0.05) is 6.42 Å². The van der Waals surface area contributed by atoms with Crippen molar-refractivity contribution in [1.82, 2.24) is 0 Å². The van der Waals surface area contributed by atoms with E-state index >= 15 is 0 Å². The molecule has 1 N–H and O–H groups in total. The molecule has 1 heterocycles. The Labute approximate surface area is 126 Å². The maximum atomic E-state index is 10.6. The largest absolute Gasteiger partial charge is 0.493 e. The highest BCUT2D eigenvalue weighted by Crippen LogP contribution is 2.30. The zero-order valence-corrected chi connectivity index (χ0v) is 12.7. The third-order valence-corrected chi connectivity index (χ3v) is 3.97. The van der Waals surface area contributed by atoms with Crippen LogP contribution < -0.4 is 4.74 Å². The summed E-state index contributed by atoms with van der Waals surface area (Å²) < 4.78 is 5.51. The Morgan fingerprint density at radius 2 is 1.76 bits per heavy atom. The monoisotopic (exact) mass is 282 g/mol. The highest BCUT2D eigenvalue weighted by Gasteiger charge is 2.16. The SMILES string of the molecule is CC(C)Cc1ccc(C(O)c2ccc3c(c2)CCO3)cc1. The van der Waals surface area contributed by atoms with Gasteiger partial charge in [-0.2, -0.15) is 0 Å². The molecule has 0 amide bonds. The lowest BCUT2D eigenvalue weighted by atomic mass is 9.96. The lowest BCUT2D eigenvalue weighted by Gasteiger charge is -2.14. The normalized spacial score (nSPS) is 14.9. The topological polar surface area (TPSA) is 29.5 Å². The molecule has 0 aromatic heterocycles. The van der Waals surface area contributed by atoms with Crippen LogP contribution in [0.4, 0.5) is 0 Å². The number of aliphatic hydroxyl groups excluding tert-OH is 1. The van der Waals surface area contributed by atoms with Crippen LogP contribution in [0.2, 0.25) is 0 Å². The van der Waals surface area contributed by atoms with E-state index in [1.165, 1.54) is 11.1 Å². The number of benzene rings is 2. The van der Waals surface area contributed by atoms with E-state index in [2.05, 4.69) is 32.0 Å². The van der Waals surface area contributed by atoms with Gasteiger partial charge in [0.1, 0.15) is 11.9 Å². The molecule has 1 aliphatic rings. The Balaban J connectivity index is 1.79. The van der Waals surface area contributed by atoms with Crippen LogP contribution in [-0.2, 0) is 12.8 Å². The molecule has 0 saturated heterocycles. The van der Waals surface area contributed by atoms with Gasteiger partial charge in [0.15, 0.2) is 0 Å². The summed E-state index contributed by atoms with van der Waals surface area (Å²) in [4.78, 5) is 0. The third-order valence-electron chi connectivity index (χ3n) is 3.97. The number of aliphatic hydroxyl groups is 1. The Morgan fingerprint density at radius 1 is 1.05 bits per heavy atom. The first kappa shape index (κ1) is 14.2. The van der Waals surface area contributed by atoms with Gasteiger partial charge < -0.3 is 9.84 Å². The predicted octanol–water partition coefficient (Wildman–Crippen LogP) is 3.90. The van der Waals surface area contributed by atoms with Crippen molar-refractivity contribution in [2.24, 2.45) is 5.92 Å². The van der Waals surface area contributed by atoms with Gasteiger partial charge in [0.25, 0.3) is 0 Å². The van der Waals surface area contributed by atoms with Crippen LogP contribution >= 0.6 is 0 Å².